The first-order valence-corrected chi connectivity index (χ1v) is 33.2. The number of hydrogen-bond donors (Lipinski definition) is 8. The number of aromatic nitrogens is 18. The van der Waals surface area contributed by atoms with Crippen molar-refractivity contribution >= 4 is 154 Å². The van der Waals surface area contributed by atoms with Gasteiger partial charge in [-0.2, -0.15) is 24.9 Å². The van der Waals surface area contributed by atoms with Crippen LogP contribution in [0.4, 0.5) is 30.8 Å². The minimum Gasteiger partial charge on any atom is -0.361 e. The van der Waals surface area contributed by atoms with Crippen molar-refractivity contribution in [2.75, 3.05) is 54.8 Å². The molecule has 0 aliphatic carbocycles. The van der Waals surface area contributed by atoms with Crippen molar-refractivity contribution in [2.45, 2.75) is 38.9 Å². The molecule has 15 aromatic rings. The fraction of sp³-hybridized carbons (Fsp3) is 0.182. The number of piperidine rings is 1. The van der Waals surface area contributed by atoms with Crippen LogP contribution in [0.2, 0.25) is 30.8 Å². The van der Waals surface area contributed by atoms with Gasteiger partial charge >= 0.3 is 0 Å². The van der Waals surface area contributed by atoms with Crippen LogP contribution < -0.4 is 31.9 Å². The first-order chi connectivity index (χ1) is 48.1. The quantitative estimate of drug-likeness (QED) is 0.0441. The third kappa shape index (κ3) is 16.3. The van der Waals surface area contributed by atoms with Crippen molar-refractivity contribution in [3.63, 3.8) is 0 Å². The predicted octanol–water partition coefficient (Wildman–Crippen LogP) is 14.0. The number of nitrogens with two attached hydrogens (primary N) is 1. The van der Waals surface area contributed by atoms with E-state index in [1.807, 2.05) is 54.6 Å². The van der Waals surface area contributed by atoms with Gasteiger partial charge in [0.25, 0.3) is 0 Å². The third-order valence-electron chi connectivity index (χ3n) is 15.5. The van der Waals surface area contributed by atoms with E-state index in [4.69, 9.17) is 85.3 Å². The van der Waals surface area contributed by atoms with Crippen molar-refractivity contribution < 1.29 is 13.2 Å². The number of rotatable bonds is 11. The summed E-state index contributed by atoms with van der Waals surface area (Å²) in [7, 11) is 0. The van der Waals surface area contributed by atoms with Gasteiger partial charge in [-0.3, -0.25) is 13.7 Å². The highest BCUT2D eigenvalue weighted by atomic mass is 35.5. The molecule has 0 bridgehead atoms. The van der Waals surface area contributed by atoms with Crippen molar-refractivity contribution in [1.82, 2.24) is 99.1 Å². The maximum atomic E-state index is 13.9. The molecular formula is C66H57Cl6F3N24. The maximum absolute atomic E-state index is 13.9. The van der Waals surface area contributed by atoms with Crippen molar-refractivity contribution in [3.8, 4) is 17.1 Å². The molecule has 24 nitrogen and oxygen atoms in total. The van der Waals surface area contributed by atoms with Crippen LogP contribution in [0.1, 0.15) is 36.7 Å². The summed E-state index contributed by atoms with van der Waals surface area (Å²) in [5, 5.41) is 15.4. The Balaban J connectivity index is 0.000000121. The highest BCUT2D eigenvalue weighted by Crippen LogP contribution is 2.30. The molecule has 6 aromatic carbocycles. The van der Waals surface area contributed by atoms with Crippen LogP contribution in [-0.2, 0) is 19.6 Å². The molecule has 0 saturated carbocycles. The van der Waals surface area contributed by atoms with Gasteiger partial charge in [0, 0.05) is 41.2 Å². The number of piperazine rings is 1. The smallest absolute Gasteiger partial charge is 0.229 e. The number of benzene rings is 6. The number of nitrogens with zero attached hydrogens (tertiary/aromatic N) is 16. The minimum atomic E-state index is -0.354. The zero-order chi connectivity index (χ0) is 68.5. The minimum absolute atomic E-state index is 0.0191. The van der Waals surface area contributed by atoms with Gasteiger partial charge in [0.05, 0.1) is 69.8 Å². The number of aromatic amines is 3. The second kappa shape index (κ2) is 30.9. The molecular weight excluding hydrogens is 1400 g/mol. The Morgan fingerprint density at radius 1 is 0.424 bits per heavy atom. The lowest BCUT2D eigenvalue weighted by molar-refractivity contribution is 0.520. The molecule has 0 spiro atoms. The molecule has 0 amide bonds. The van der Waals surface area contributed by atoms with E-state index in [-0.39, 0.29) is 33.2 Å². The van der Waals surface area contributed by atoms with Crippen LogP contribution in [0.3, 0.4) is 0 Å². The molecule has 2 fully saturated rings. The lowest BCUT2D eigenvalue weighted by atomic mass is 10.2. The number of nitrogens with one attached hydrogen (secondary N) is 7. The lowest BCUT2D eigenvalue weighted by Gasteiger charge is -2.27. The van der Waals surface area contributed by atoms with Gasteiger partial charge in [0.1, 0.15) is 59.4 Å². The van der Waals surface area contributed by atoms with E-state index in [0.717, 1.165) is 70.9 Å². The number of anilines is 3. The molecule has 0 radical (unpaired) electrons. The van der Waals surface area contributed by atoms with E-state index < -0.39 is 0 Å². The monoisotopic (exact) mass is 1450 g/mol. The van der Waals surface area contributed by atoms with Gasteiger partial charge < -0.3 is 46.9 Å². The van der Waals surface area contributed by atoms with Crippen molar-refractivity contribution in [1.29, 1.82) is 0 Å². The average Bonchev–Trinajstić information content (AvgIpc) is 1.62. The summed E-state index contributed by atoms with van der Waals surface area (Å²) in [6.45, 7) is 7.00. The Morgan fingerprint density at radius 2 is 0.838 bits per heavy atom. The van der Waals surface area contributed by atoms with Crippen molar-refractivity contribution in [3.05, 3.63) is 212 Å². The van der Waals surface area contributed by atoms with Gasteiger partial charge in [-0.05, 0) is 158 Å². The van der Waals surface area contributed by atoms with Crippen LogP contribution in [0, 0.1) is 17.5 Å². The summed E-state index contributed by atoms with van der Waals surface area (Å²) in [6.07, 6.45) is 8.91. The number of H-pyrrole nitrogens is 3. The van der Waals surface area contributed by atoms with E-state index in [1.54, 1.807) is 62.8 Å². The van der Waals surface area contributed by atoms with E-state index in [1.165, 1.54) is 75.1 Å². The number of imidazole rings is 6. The summed E-state index contributed by atoms with van der Waals surface area (Å²) < 4.78 is 45.8. The van der Waals surface area contributed by atoms with Gasteiger partial charge in [-0.1, -0.05) is 71.0 Å². The first-order valence-electron chi connectivity index (χ1n) is 30.9. The van der Waals surface area contributed by atoms with Crippen molar-refractivity contribution in [2.24, 2.45) is 5.73 Å². The zero-order valence-electron chi connectivity index (χ0n) is 52.0. The van der Waals surface area contributed by atoms with Gasteiger partial charge in [0.15, 0.2) is 44.8 Å². The largest absolute Gasteiger partial charge is 0.361 e. The molecule has 2 aliphatic rings. The molecule has 11 heterocycles. The van der Waals surface area contributed by atoms with Gasteiger partial charge in [-0.15, -0.1) is 0 Å². The summed E-state index contributed by atoms with van der Waals surface area (Å²) in [4.78, 5) is 64.0. The topological polar surface area (TPSA) is 294 Å². The van der Waals surface area contributed by atoms with Crippen LogP contribution in [0.25, 0.3) is 83.7 Å². The van der Waals surface area contributed by atoms with E-state index in [0.29, 0.717) is 109 Å². The normalized spacial score (nSPS) is 13.0. The first kappa shape index (κ1) is 67.7. The highest BCUT2D eigenvalue weighted by molar-refractivity contribution is 6.35. The van der Waals surface area contributed by atoms with Crippen LogP contribution >= 0.6 is 69.6 Å². The fourth-order valence-electron chi connectivity index (χ4n) is 10.8. The van der Waals surface area contributed by atoms with Crippen LogP contribution in [-0.4, -0.2) is 128 Å². The van der Waals surface area contributed by atoms with Crippen LogP contribution in [0.5, 0.6) is 0 Å². The Hall–Kier alpha value is -9.81. The molecule has 0 unspecified atom stereocenters. The number of halogens is 9. The number of fused-ring (bicyclic) bond motifs is 6. The molecule has 9 aromatic heterocycles. The van der Waals surface area contributed by atoms with E-state index >= 15 is 0 Å². The average molecular weight is 1460 g/mol. The molecule has 99 heavy (non-hydrogen) atoms. The summed E-state index contributed by atoms with van der Waals surface area (Å²) in [6, 6.07) is 35.1. The zero-order valence-corrected chi connectivity index (χ0v) is 56.5. The molecule has 33 heteroatoms. The number of hydrogen-bond acceptors (Lipinski definition) is 18. The fourth-order valence-corrected chi connectivity index (χ4v) is 11.9. The third-order valence-corrected chi connectivity index (χ3v) is 16.8. The maximum Gasteiger partial charge on any atom is 0.229 e. The molecule has 504 valence electrons. The Labute approximate surface area is 591 Å². The molecule has 0 atom stereocenters. The van der Waals surface area contributed by atoms with Gasteiger partial charge in [0.2, 0.25) is 16.5 Å². The Morgan fingerprint density at radius 3 is 1.28 bits per heavy atom. The Bertz CT molecular complexity index is 5330. The lowest BCUT2D eigenvalue weighted by Crippen LogP contribution is -2.44. The second-order valence-electron chi connectivity index (χ2n) is 22.3. The molecule has 17 rings (SSSR count). The Kier molecular flexibility index (Phi) is 21.2. The molecule has 9 N–H and O–H groups in total. The summed E-state index contributed by atoms with van der Waals surface area (Å²) in [5.74, 6) is 2.86. The van der Waals surface area contributed by atoms with E-state index in [9.17, 15) is 13.2 Å². The van der Waals surface area contributed by atoms with Gasteiger partial charge in [-0.25, -0.2) is 48.1 Å². The summed E-state index contributed by atoms with van der Waals surface area (Å²) in [5.41, 5.74) is 15.5. The van der Waals surface area contributed by atoms with E-state index in [2.05, 4.69) is 91.0 Å². The highest BCUT2D eigenvalue weighted by Gasteiger charge is 2.22. The molecule has 2 saturated heterocycles. The standard InChI is InChI=1S/C23H21ClFN9.C19H12Cl2FN7.C11H5Cl2FN4.C8H8ClN3.C5H11N/c24-14-4-5-17-18(10-14)30-19(29-17)12-27-21-20-22(32-23(31-21)33-8-6-26-7-9-33)34(13-28-20)16-3-1-2-15(25)11-16;20-10-4-5-13-14(6-10)26-15(25-13)8-23-17-16-18(28-19(21)27-17)29(9-24-16)12-3-1-2-11(22)7-12;12-9-8-10(17-11(13)16-9)18(5-15-8)7-3-1-2-6(14)4-7;9-5-1-2-6-7(3-5)12-8(4-10)11-6;1-2-4-6-5-3-1/h1-5,10-11,13,26H,6-9,12H2,(H,29,30)(H,27,31,32);1-7,9H,8H2,(H,25,26)(H,23,27,28);1-5H;1-3H,4,10H2,(H,11,12);6H,1-5H2. The second-order valence-corrected chi connectivity index (χ2v) is 24.6. The predicted molar refractivity (Wildman–Crippen MR) is 383 cm³/mol. The SMILES string of the molecule is C1CCNCC1.Fc1cccc(-n2cnc3c(Cl)nc(Cl)nc32)c1.Fc1cccc(-n2cnc3c(NCc4nc5ccc(Cl)cc5[nH]4)nc(Cl)nc32)c1.Fc1cccc(-n2cnc3c(NCc4nc5ccc(Cl)cc5[nH]4)nc(N4CCNCC4)nc32)c1.NCc1nc2ccc(Cl)cc2[nH]1. The molecule has 2 aliphatic heterocycles. The summed E-state index contributed by atoms with van der Waals surface area (Å²) >= 11 is 35.7. The van der Waals surface area contributed by atoms with Crippen LogP contribution in [0.15, 0.2) is 146 Å².